The van der Waals surface area contributed by atoms with E-state index in [1.165, 1.54) is 31.4 Å². The minimum Gasteiger partial charge on any atom is -0.368 e. The van der Waals surface area contributed by atoms with E-state index in [0.717, 1.165) is 30.4 Å². The third kappa shape index (κ3) is 3.90. The van der Waals surface area contributed by atoms with Crippen LogP contribution in [0, 0.1) is 0 Å². The first-order chi connectivity index (χ1) is 9.52. The minimum absolute atomic E-state index is 0.457. The van der Waals surface area contributed by atoms with Crippen molar-refractivity contribution >= 4 is 21.6 Å². The monoisotopic (exact) mass is 349 g/mol. The van der Waals surface area contributed by atoms with Crippen LogP contribution in [0.15, 0.2) is 24.3 Å². The van der Waals surface area contributed by atoms with Gasteiger partial charge in [0.2, 0.25) is 0 Å². The molecule has 0 unspecified atom stereocenters. The van der Waals surface area contributed by atoms with Gasteiger partial charge in [0.1, 0.15) is 0 Å². The van der Waals surface area contributed by atoms with E-state index in [-0.39, 0.29) is 0 Å². The maximum Gasteiger partial charge on any atom is 0.416 e. The van der Waals surface area contributed by atoms with Gasteiger partial charge in [-0.1, -0.05) is 35.2 Å². The number of hydrogen-bond donors (Lipinski definition) is 0. The quantitative estimate of drug-likeness (QED) is 0.672. The smallest absolute Gasteiger partial charge is 0.368 e. The van der Waals surface area contributed by atoms with Gasteiger partial charge in [-0.15, -0.1) is 0 Å². The van der Waals surface area contributed by atoms with Crippen molar-refractivity contribution in [2.24, 2.45) is 0 Å². The zero-order valence-corrected chi connectivity index (χ0v) is 12.9. The van der Waals surface area contributed by atoms with Gasteiger partial charge in [0.25, 0.3) is 0 Å². The van der Waals surface area contributed by atoms with Gasteiger partial charge in [-0.3, -0.25) is 0 Å². The van der Waals surface area contributed by atoms with Crippen molar-refractivity contribution in [3.05, 3.63) is 29.8 Å². The van der Waals surface area contributed by atoms with Crippen LogP contribution >= 0.6 is 15.9 Å². The lowest BCUT2D eigenvalue weighted by atomic mass is 9.93. The predicted molar refractivity (Wildman–Crippen MR) is 79.5 cm³/mol. The second-order valence-corrected chi connectivity index (χ2v) is 6.01. The molecule has 0 aromatic heterocycles. The van der Waals surface area contributed by atoms with E-state index in [1.54, 1.807) is 12.1 Å². The molecule has 0 amide bonds. The summed E-state index contributed by atoms with van der Waals surface area (Å²) in [5.74, 6) is 0. The van der Waals surface area contributed by atoms with Gasteiger partial charge in [0.05, 0.1) is 5.56 Å². The van der Waals surface area contributed by atoms with Crippen LogP contribution in [0.4, 0.5) is 18.9 Å². The first-order valence-corrected chi connectivity index (χ1v) is 8.14. The summed E-state index contributed by atoms with van der Waals surface area (Å²) in [6.45, 7) is 0.829. The van der Waals surface area contributed by atoms with Crippen LogP contribution in [0.25, 0.3) is 0 Å². The molecule has 2 rings (SSSR count). The van der Waals surface area contributed by atoms with Crippen molar-refractivity contribution in [1.82, 2.24) is 0 Å². The summed E-state index contributed by atoms with van der Waals surface area (Å²) in [4.78, 5) is 2.24. The molecule has 1 saturated carbocycles. The molecule has 0 heterocycles. The fraction of sp³-hybridized carbons (Fsp3) is 0.600. The third-order valence-electron chi connectivity index (χ3n) is 3.87. The molecular weight excluding hydrogens is 331 g/mol. The summed E-state index contributed by atoms with van der Waals surface area (Å²) < 4.78 is 37.8. The SMILES string of the molecule is FC(F)(F)c1ccc(N(CCBr)C2CCCCC2)cc1. The van der Waals surface area contributed by atoms with Crippen molar-refractivity contribution in [2.75, 3.05) is 16.8 Å². The van der Waals surface area contributed by atoms with Crippen LogP contribution in [0.2, 0.25) is 0 Å². The fourth-order valence-electron chi connectivity index (χ4n) is 2.85. The third-order valence-corrected chi connectivity index (χ3v) is 4.22. The number of nitrogens with zero attached hydrogens (tertiary/aromatic N) is 1. The molecule has 1 aromatic rings. The Morgan fingerprint density at radius 3 is 2.15 bits per heavy atom. The van der Waals surface area contributed by atoms with Crippen molar-refractivity contribution in [1.29, 1.82) is 0 Å². The second kappa shape index (κ2) is 6.83. The number of benzene rings is 1. The average Bonchev–Trinajstić information content (AvgIpc) is 2.45. The molecule has 112 valence electrons. The maximum absolute atomic E-state index is 12.6. The van der Waals surface area contributed by atoms with Gasteiger partial charge in [-0.05, 0) is 37.1 Å². The molecule has 0 atom stereocenters. The number of anilines is 1. The van der Waals surface area contributed by atoms with Crippen LogP contribution in [-0.2, 0) is 6.18 Å². The number of halogens is 4. The lowest BCUT2D eigenvalue weighted by molar-refractivity contribution is -0.137. The highest BCUT2D eigenvalue weighted by atomic mass is 79.9. The highest BCUT2D eigenvalue weighted by molar-refractivity contribution is 9.09. The molecule has 0 spiro atoms. The maximum atomic E-state index is 12.6. The van der Waals surface area contributed by atoms with E-state index >= 15 is 0 Å². The van der Waals surface area contributed by atoms with Crippen molar-refractivity contribution in [3.63, 3.8) is 0 Å². The summed E-state index contributed by atoms with van der Waals surface area (Å²) >= 11 is 3.44. The summed E-state index contributed by atoms with van der Waals surface area (Å²) in [5, 5.41) is 0.824. The lowest BCUT2D eigenvalue weighted by Crippen LogP contribution is -2.38. The van der Waals surface area contributed by atoms with Crippen LogP contribution in [-0.4, -0.2) is 17.9 Å². The molecule has 5 heteroatoms. The minimum atomic E-state index is -4.26. The molecule has 1 fully saturated rings. The molecule has 1 nitrogen and oxygen atoms in total. The molecule has 1 aromatic carbocycles. The molecule has 1 aliphatic carbocycles. The summed E-state index contributed by atoms with van der Waals surface area (Å²) in [6.07, 6.45) is 1.70. The molecule has 0 bridgehead atoms. The Morgan fingerprint density at radius 1 is 1.05 bits per heavy atom. The normalized spacial score (nSPS) is 17.2. The molecule has 1 aliphatic rings. The van der Waals surface area contributed by atoms with E-state index in [2.05, 4.69) is 20.8 Å². The highest BCUT2D eigenvalue weighted by Gasteiger charge is 2.30. The predicted octanol–water partition coefficient (Wildman–Crippen LogP) is 5.24. The van der Waals surface area contributed by atoms with E-state index in [0.29, 0.717) is 6.04 Å². The van der Waals surface area contributed by atoms with Gasteiger partial charge in [-0.2, -0.15) is 13.2 Å². The van der Waals surface area contributed by atoms with E-state index < -0.39 is 11.7 Å². The number of hydrogen-bond acceptors (Lipinski definition) is 1. The topological polar surface area (TPSA) is 3.24 Å². The van der Waals surface area contributed by atoms with Gasteiger partial charge >= 0.3 is 6.18 Å². The first-order valence-electron chi connectivity index (χ1n) is 7.02. The highest BCUT2D eigenvalue weighted by Crippen LogP contribution is 2.32. The van der Waals surface area contributed by atoms with Crippen molar-refractivity contribution in [3.8, 4) is 0 Å². The molecular formula is C15H19BrF3N. The van der Waals surface area contributed by atoms with E-state index in [9.17, 15) is 13.2 Å². The van der Waals surface area contributed by atoms with Crippen molar-refractivity contribution in [2.45, 2.75) is 44.3 Å². The van der Waals surface area contributed by atoms with Crippen LogP contribution in [0.5, 0.6) is 0 Å². The standard InChI is InChI=1S/C15H19BrF3N/c16-10-11-20(13-4-2-1-3-5-13)14-8-6-12(7-9-14)15(17,18)19/h6-9,13H,1-5,10-11H2. The van der Waals surface area contributed by atoms with Crippen LogP contribution in [0.3, 0.4) is 0 Å². The Labute approximate surface area is 126 Å². The van der Waals surface area contributed by atoms with Gasteiger partial charge < -0.3 is 4.90 Å². The van der Waals surface area contributed by atoms with Crippen LogP contribution < -0.4 is 4.90 Å². The average molecular weight is 350 g/mol. The Balaban J connectivity index is 2.16. The zero-order valence-electron chi connectivity index (χ0n) is 11.3. The second-order valence-electron chi connectivity index (χ2n) is 5.22. The Bertz CT molecular complexity index is 410. The van der Waals surface area contributed by atoms with E-state index in [1.807, 2.05) is 0 Å². The Hall–Kier alpha value is -0.710. The van der Waals surface area contributed by atoms with Gasteiger partial charge in [0, 0.05) is 23.6 Å². The molecule has 20 heavy (non-hydrogen) atoms. The Morgan fingerprint density at radius 2 is 1.65 bits per heavy atom. The van der Waals surface area contributed by atoms with Gasteiger partial charge in [0.15, 0.2) is 0 Å². The lowest BCUT2D eigenvalue weighted by Gasteiger charge is -2.36. The molecule has 0 aliphatic heterocycles. The van der Waals surface area contributed by atoms with Crippen LogP contribution in [0.1, 0.15) is 37.7 Å². The zero-order chi connectivity index (χ0) is 14.6. The Kier molecular flexibility index (Phi) is 5.35. The summed E-state index contributed by atoms with van der Waals surface area (Å²) in [7, 11) is 0. The molecule has 0 saturated heterocycles. The number of alkyl halides is 4. The van der Waals surface area contributed by atoms with Gasteiger partial charge in [-0.25, -0.2) is 0 Å². The van der Waals surface area contributed by atoms with Crippen molar-refractivity contribution < 1.29 is 13.2 Å². The number of rotatable bonds is 4. The largest absolute Gasteiger partial charge is 0.416 e. The molecule has 0 N–H and O–H groups in total. The molecule has 0 radical (unpaired) electrons. The first kappa shape index (κ1) is 15.7. The van der Waals surface area contributed by atoms with E-state index in [4.69, 9.17) is 0 Å². The summed E-state index contributed by atoms with van der Waals surface area (Å²) in [5.41, 5.74) is 0.313. The summed E-state index contributed by atoms with van der Waals surface area (Å²) in [6, 6.07) is 6.01. The fourth-order valence-corrected chi connectivity index (χ4v) is 3.23.